The highest BCUT2D eigenvalue weighted by molar-refractivity contribution is 5.98. The summed E-state index contributed by atoms with van der Waals surface area (Å²) in [6, 6.07) is 6.84. The van der Waals surface area contributed by atoms with Crippen molar-refractivity contribution in [1.29, 1.82) is 0 Å². The number of carboxylic acids is 1. The first-order chi connectivity index (χ1) is 12.5. The smallest absolute Gasteiger partial charge is 0.307 e. The molecule has 6 heteroatoms. The molecule has 2 N–H and O–H groups in total. The van der Waals surface area contributed by atoms with Gasteiger partial charge in [0.2, 0.25) is 5.91 Å². The lowest BCUT2D eigenvalue weighted by Crippen LogP contribution is -2.36. The molecule has 136 valence electrons. The molecule has 1 aromatic rings. The fourth-order valence-electron chi connectivity index (χ4n) is 4.54. The van der Waals surface area contributed by atoms with E-state index in [4.69, 9.17) is 0 Å². The molecule has 2 amide bonds. The number of rotatable bonds is 4. The minimum atomic E-state index is -0.909. The van der Waals surface area contributed by atoms with Gasteiger partial charge in [0.15, 0.2) is 0 Å². The lowest BCUT2D eigenvalue weighted by Gasteiger charge is -2.24. The van der Waals surface area contributed by atoms with Gasteiger partial charge in [0.05, 0.1) is 11.8 Å². The molecule has 2 bridgehead atoms. The normalized spacial score (nSPS) is 29.2. The van der Waals surface area contributed by atoms with E-state index in [0.717, 1.165) is 32.4 Å². The summed E-state index contributed by atoms with van der Waals surface area (Å²) >= 11 is 0. The minimum Gasteiger partial charge on any atom is -0.481 e. The van der Waals surface area contributed by atoms with Crippen LogP contribution >= 0.6 is 0 Å². The predicted molar refractivity (Wildman–Crippen MR) is 95.6 cm³/mol. The van der Waals surface area contributed by atoms with E-state index in [1.807, 2.05) is 17.1 Å². The molecule has 0 unspecified atom stereocenters. The maximum atomic E-state index is 12.7. The number of hydrogen-bond donors (Lipinski definition) is 2. The standard InChI is InChI=1S/C20H22N2O4/c23-18(16-13-3-4-14(11-13)17(16)20(25)26)21-15-7-5-12(6-8-15)19(24)22-9-1-2-10-22/h3-8,13-14,16-17H,1-2,9-11H2,(H,21,23)(H,25,26)/t13-,14-,16-,17-/m0/s1. The van der Waals surface area contributed by atoms with Gasteiger partial charge in [-0.15, -0.1) is 0 Å². The molecular weight excluding hydrogens is 332 g/mol. The fraction of sp³-hybridized carbons (Fsp3) is 0.450. The van der Waals surface area contributed by atoms with Crippen molar-refractivity contribution in [3.05, 3.63) is 42.0 Å². The Labute approximate surface area is 151 Å². The van der Waals surface area contributed by atoms with Crippen LogP contribution in [0.2, 0.25) is 0 Å². The first-order valence-electron chi connectivity index (χ1n) is 9.16. The van der Waals surface area contributed by atoms with Gasteiger partial charge in [-0.2, -0.15) is 0 Å². The average Bonchev–Trinajstić information content (AvgIpc) is 3.37. The second-order valence-corrected chi connectivity index (χ2v) is 7.40. The molecule has 1 aromatic carbocycles. The van der Waals surface area contributed by atoms with Gasteiger partial charge in [-0.05, 0) is 55.4 Å². The highest BCUT2D eigenvalue weighted by atomic mass is 16.4. The van der Waals surface area contributed by atoms with Crippen LogP contribution < -0.4 is 5.32 Å². The van der Waals surface area contributed by atoms with Gasteiger partial charge in [0, 0.05) is 24.3 Å². The third-order valence-electron chi connectivity index (χ3n) is 5.84. The topological polar surface area (TPSA) is 86.7 Å². The van der Waals surface area contributed by atoms with Gasteiger partial charge in [0.1, 0.15) is 0 Å². The lowest BCUT2D eigenvalue weighted by molar-refractivity contribution is -0.146. The van der Waals surface area contributed by atoms with E-state index in [0.29, 0.717) is 11.3 Å². The fourth-order valence-corrected chi connectivity index (χ4v) is 4.54. The van der Waals surface area contributed by atoms with Crippen molar-refractivity contribution >= 4 is 23.5 Å². The summed E-state index contributed by atoms with van der Waals surface area (Å²) < 4.78 is 0. The van der Waals surface area contributed by atoms with E-state index in [-0.39, 0.29) is 23.7 Å². The van der Waals surface area contributed by atoms with Gasteiger partial charge < -0.3 is 15.3 Å². The van der Waals surface area contributed by atoms with Crippen LogP contribution in [-0.2, 0) is 9.59 Å². The van der Waals surface area contributed by atoms with Crippen LogP contribution in [-0.4, -0.2) is 40.9 Å². The molecule has 1 aliphatic heterocycles. The van der Waals surface area contributed by atoms with Crippen LogP contribution in [0.4, 0.5) is 5.69 Å². The van der Waals surface area contributed by atoms with E-state index < -0.39 is 17.8 Å². The van der Waals surface area contributed by atoms with Crippen molar-refractivity contribution in [1.82, 2.24) is 4.90 Å². The van der Waals surface area contributed by atoms with Crippen LogP contribution in [0.1, 0.15) is 29.6 Å². The summed E-state index contributed by atoms with van der Waals surface area (Å²) in [5.41, 5.74) is 1.19. The van der Waals surface area contributed by atoms with Gasteiger partial charge in [-0.1, -0.05) is 12.2 Å². The van der Waals surface area contributed by atoms with Crippen LogP contribution in [0.25, 0.3) is 0 Å². The number of likely N-dealkylation sites (tertiary alicyclic amines) is 1. The SMILES string of the molecule is O=C(O)[C@@H]1[C@@H](C(=O)Nc2ccc(C(=O)N3CCCC3)cc2)[C@H]2C=C[C@H]1C2. The molecule has 2 fully saturated rings. The van der Waals surface area contributed by atoms with Crippen LogP contribution in [0.5, 0.6) is 0 Å². The maximum absolute atomic E-state index is 12.7. The number of carbonyl (C=O) groups excluding carboxylic acids is 2. The van der Waals surface area contributed by atoms with Crippen molar-refractivity contribution in [2.24, 2.45) is 23.7 Å². The summed E-state index contributed by atoms with van der Waals surface area (Å²) in [7, 11) is 0. The van der Waals surface area contributed by atoms with E-state index in [2.05, 4.69) is 5.32 Å². The molecule has 0 radical (unpaired) electrons. The summed E-state index contributed by atoms with van der Waals surface area (Å²) in [6.45, 7) is 1.59. The lowest BCUT2D eigenvalue weighted by atomic mass is 9.82. The van der Waals surface area contributed by atoms with Crippen molar-refractivity contribution in [2.75, 3.05) is 18.4 Å². The van der Waals surface area contributed by atoms with E-state index in [9.17, 15) is 19.5 Å². The molecule has 3 aliphatic rings. The second kappa shape index (κ2) is 6.59. The zero-order valence-corrected chi connectivity index (χ0v) is 14.4. The van der Waals surface area contributed by atoms with E-state index >= 15 is 0 Å². The third kappa shape index (κ3) is 2.89. The first-order valence-corrected chi connectivity index (χ1v) is 9.16. The number of anilines is 1. The van der Waals surface area contributed by atoms with Crippen LogP contribution in [0.15, 0.2) is 36.4 Å². The Balaban J connectivity index is 1.44. The molecular formula is C20H22N2O4. The molecule has 6 nitrogen and oxygen atoms in total. The number of carbonyl (C=O) groups is 3. The average molecular weight is 354 g/mol. The molecule has 0 spiro atoms. The number of carboxylic acid groups (broad SMARTS) is 1. The Morgan fingerprint density at radius 2 is 1.58 bits per heavy atom. The largest absolute Gasteiger partial charge is 0.481 e. The number of nitrogens with one attached hydrogen (secondary N) is 1. The molecule has 0 aromatic heterocycles. The van der Waals surface area contributed by atoms with Crippen LogP contribution in [0.3, 0.4) is 0 Å². The number of fused-ring (bicyclic) bond motifs is 2. The molecule has 2 aliphatic carbocycles. The maximum Gasteiger partial charge on any atom is 0.307 e. The first kappa shape index (κ1) is 16.8. The van der Waals surface area contributed by atoms with Crippen molar-refractivity contribution in [3.63, 3.8) is 0 Å². The minimum absolute atomic E-state index is 0.00267. The molecule has 1 heterocycles. The summed E-state index contributed by atoms with van der Waals surface area (Å²) in [5, 5.41) is 12.3. The number of allylic oxidation sites excluding steroid dienone is 2. The van der Waals surface area contributed by atoms with Crippen molar-refractivity contribution in [3.8, 4) is 0 Å². The number of benzene rings is 1. The van der Waals surface area contributed by atoms with E-state index in [1.165, 1.54) is 0 Å². The highest BCUT2D eigenvalue weighted by Gasteiger charge is 2.51. The number of aliphatic carboxylic acids is 1. The number of nitrogens with zero attached hydrogens (tertiary/aromatic N) is 1. The monoisotopic (exact) mass is 354 g/mol. The number of amides is 2. The Morgan fingerprint density at radius 3 is 2.19 bits per heavy atom. The van der Waals surface area contributed by atoms with Gasteiger partial charge in [-0.25, -0.2) is 0 Å². The van der Waals surface area contributed by atoms with Crippen LogP contribution in [0, 0.1) is 23.7 Å². The van der Waals surface area contributed by atoms with Gasteiger partial charge in [0.25, 0.3) is 5.91 Å². The molecule has 4 atom stereocenters. The predicted octanol–water partition coefficient (Wildman–Crippen LogP) is 2.38. The second-order valence-electron chi connectivity index (χ2n) is 7.40. The summed E-state index contributed by atoms with van der Waals surface area (Å²) in [6.07, 6.45) is 6.71. The third-order valence-corrected chi connectivity index (χ3v) is 5.84. The number of hydrogen-bond acceptors (Lipinski definition) is 3. The van der Waals surface area contributed by atoms with Crippen molar-refractivity contribution < 1.29 is 19.5 Å². The Hall–Kier alpha value is -2.63. The molecule has 4 rings (SSSR count). The van der Waals surface area contributed by atoms with Gasteiger partial charge in [-0.3, -0.25) is 14.4 Å². The molecule has 26 heavy (non-hydrogen) atoms. The Kier molecular flexibility index (Phi) is 4.26. The Bertz CT molecular complexity index is 765. The van der Waals surface area contributed by atoms with Crippen molar-refractivity contribution in [2.45, 2.75) is 19.3 Å². The summed E-state index contributed by atoms with van der Waals surface area (Å²) in [4.78, 5) is 38.4. The highest BCUT2D eigenvalue weighted by Crippen LogP contribution is 2.48. The molecule has 1 saturated carbocycles. The van der Waals surface area contributed by atoms with Gasteiger partial charge >= 0.3 is 5.97 Å². The van der Waals surface area contributed by atoms with E-state index in [1.54, 1.807) is 24.3 Å². The Morgan fingerprint density at radius 1 is 0.962 bits per heavy atom. The quantitative estimate of drug-likeness (QED) is 0.813. The molecule has 1 saturated heterocycles. The summed E-state index contributed by atoms with van der Waals surface area (Å²) in [5.74, 6) is -2.38. The zero-order chi connectivity index (χ0) is 18.3. The zero-order valence-electron chi connectivity index (χ0n) is 14.4.